The van der Waals surface area contributed by atoms with Crippen LogP contribution in [0.3, 0.4) is 0 Å². The van der Waals surface area contributed by atoms with Crippen LogP contribution in [-0.2, 0) is 4.79 Å². The molecular weight excluding hydrogens is 212 g/mol. The van der Waals surface area contributed by atoms with E-state index in [0.29, 0.717) is 5.41 Å². The predicted octanol–water partition coefficient (Wildman–Crippen LogP) is 2.46. The third kappa shape index (κ3) is 3.98. The van der Waals surface area contributed by atoms with Crippen molar-refractivity contribution in [3.63, 3.8) is 0 Å². The second-order valence-electron chi connectivity index (χ2n) is 5.63. The Kier molecular flexibility index (Phi) is 5.44. The zero-order chi connectivity index (χ0) is 12.9. The molecule has 17 heavy (non-hydrogen) atoms. The van der Waals surface area contributed by atoms with E-state index in [-0.39, 0.29) is 18.0 Å². The molecule has 0 aromatic rings. The molecule has 0 aromatic carbocycles. The van der Waals surface area contributed by atoms with Crippen molar-refractivity contribution in [2.24, 2.45) is 5.41 Å². The van der Waals surface area contributed by atoms with Gasteiger partial charge >= 0.3 is 0 Å². The summed E-state index contributed by atoms with van der Waals surface area (Å²) >= 11 is 0. The molecule has 0 spiro atoms. The molecule has 0 radical (unpaired) electrons. The van der Waals surface area contributed by atoms with Gasteiger partial charge in [0.1, 0.15) is 0 Å². The van der Waals surface area contributed by atoms with Crippen LogP contribution in [0.2, 0.25) is 0 Å². The first-order valence-corrected chi connectivity index (χ1v) is 7.07. The third-order valence-corrected chi connectivity index (χ3v) is 4.34. The molecule has 0 aliphatic heterocycles. The topological polar surface area (TPSA) is 41.1 Å². The Labute approximate surface area is 106 Å². The molecule has 0 saturated heterocycles. The number of amides is 1. The van der Waals surface area contributed by atoms with Crippen LogP contribution in [0.1, 0.15) is 59.8 Å². The molecule has 1 saturated carbocycles. The standard InChI is InChI=1S/C14H28N2O/c1-5-11(3)16-13(17)12(4)15-10-14(6-2)8-7-9-14/h11-12,15H,5-10H2,1-4H3,(H,16,17). The van der Waals surface area contributed by atoms with E-state index in [1.807, 2.05) is 13.8 Å². The van der Waals surface area contributed by atoms with Crippen molar-refractivity contribution in [2.45, 2.75) is 71.9 Å². The minimum absolute atomic E-state index is 0.0759. The second kappa shape index (κ2) is 6.39. The fourth-order valence-electron chi connectivity index (χ4n) is 2.26. The van der Waals surface area contributed by atoms with Crippen molar-refractivity contribution in [3.05, 3.63) is 0 Å². The Hall–Kier alpha value is -0.570. The quantitative estimate of drug-likeness (QED) is 0.717. The van der Waals surface area contributed by atoms with Gasteiger partial charge in [0.15, 0.2) is 0 Å². The highest BCUT2D eigenvalue weighted by molar-refractivity contribution is 5.81. The van der Waals surface area contributed by atoms with Gasteiger partial charge in [0, 0.05) is 12.6 Å². The van der Waals surface area contributed by atoms with E-state index in [1.165, 1.54) is 25.7 Å². The van der Waals surface area contributed by atoms with Crippen LogP contribution in [0.25, 0.3) is 0 Å². The maximum atomic E-state index is 11.9. The summed E-state index contributed by atoms with van der Waals surface area (Å²) in [5, 5.41) is 6.41. The smallest absolute Gasteiger partial charge is 0.237 e. The lowest BCUT2D eigenvalue weighted by molar-refractivity contribution is -0.123. The summed E-state index contributed by atoms with van der Waals surface area (Å²) in [6, 6.07) is 0.198. The SMILES string of the molecule is CCC(C)NC(=O)C(C)NCC1(CC)CCC1. The van der Waals surface area contributed by atoms with Crippen LogP contribution in [-0.4, -0.2) is 24.5 Å². The maximum absolute atomic E-state index is 11.9. The lowest BCUT2D eigenvalue weighted by atomic mass is 9.67. The number of hydrogen-bond acceptors (Lipinski definition) is 2. The number of nitrogens with one attached hydrogen (secondary N) is 2. The molecule has 1 fully saturated rings. The molecule has 0 bridgehead atoms. The van der Waals surface area contributed by atoms with Crippen LogP contribution < -0.4 is 10.6 Å². The van der Waals surface area contributed by atoms with E-state index in [4.69, 9.17) is 0 Å². The molecule has 2 atom stereocenters. The van der Waals surface area contributed by atoms with Gasteiger partial charge in [0.25, 0.3) is 0 Å². The van der Waals surface area contributed by atoms with Gasteiger partial charge in [-0.2, -0.15) is 0 Å². The number of carbonyl (C=O) groups is 1. The molecule has 1 aliphatic rings. The normalized spacial score (nSPS) is 21.4. The summed E-state index contributed by atoms with van der Waals surface area (Å²) in [7, 11) is 0. The summed E-state index contributed by atoms with van der Waals surface area (Å²) in [4.78, 5) is 11.9. The minimum Gasteiger partial charge on any atom is -0.352 e. The number of hydrogen-bond donors (Lipinski definition) is 2. The number of carbonyl (C=O) groups excluding carboxylic acids is 1. The lowest BCUT2D eigenvalue weighted by Gasteiger charge is -2.42. The first-order valence-electron chi connectivity index (χ1n) is 7.07. The summed E-state index contributed by atoms with van der Waals surface area (Å²) in [5.74, 6) is 0.130. The van der Waals surface area contributed by atoms with E-state index >= 15 is 0 Å². The molecule has 3 heteroatoms. The Morgan fingerprint density at radius 3 is 2.35 bits per heavy atom. The first kappa shape index (κ1) is 14.5. The van der Waals surface area contributed by atoms with Crippen molar-refractivity contribution in [1.29, 1.82) is 0 Å². The highest BCUT2D eigenvalue weighted by Gasteiger charge is 2.35. The van der Waals surface area contributed by atoms with Crippen molar-refractivity contribution in [3.8, 4) is 0 Å². The minimum atomic E-state index is -0.0759. The van der Waals surface area contributed by atoms with Crippen molar-refractivity contribution < 1.29 is 4.79 Å². The Morgan fingerprint density at radius 2 is 1.94 bits per heavy atom. The van der Waals surface area contributed by atoms with Gasteiger partial charge in [-0.05, 0) is 44.9 Å². The second-order valence-corrected chi connectivity index (χ2v) is 5.63. The molecule has 0 aromatic heterocycles. The molecule has 2 N–H and O–H groups in total. The molecule has 1 amide bonds. The Morgan fingerprint density at radius 1 is 1.29 bits per heavy atom. The lowest BCUT2D eigenvalue weighted by Crippen LogP contribution is -2.49. The molecular formula is C14H28N2O. The average Bonchev–Trinajstić information content (AvgIpc) is 2.27. The summed E-state index contributed by atoms with van der Waals surface area (Å²) in [5.41, 5.74) is 0.477. The van der Waals surface area contributed by atoms with Gasteiger partial charge in [-0.25, -0.2) is 0 Å². The van der Waals surface area contributed by atoms with Gasteiger partial charge in [0.05, 0.1) is 6.04 Å². The molecule has 1 aliphatic carbocycles. The van der Waals surface area contributed by atoms with Crippen molar-refractivity contribution >= 4 is 5.91 Å². The summed E-state index contributed by atoms with van der Waals surface area (Å²) in [6.07, 6.45) is 6.19. The third-order valence-electron chi connectivity index (χ3n) is 4.34. The van der Waals surface area contributed by atoms with E-state index in [9.17, 15) is 4.79 Å². The first-order chi connectivity index (χ1) is 8.03. The monoisotopic (exact) mass is 240 g/mol. The average molecular weight is 240 g/mol. The Bertz CT molecular complexity index is 243. The molecule has 3 nitrogen and oxygen atoms in total. The highest BCUT2D eigenvalue weighted by atomic mass is 16.2. The van der Waals surface area contributed by atoms with Crippen LogP contribution >= 0.6 is 0 Å². The van der Waals surface area contributed by atoms with Gasteiger partial charge in [-0.1, -0.05) is 20.3 Å². The predicted molar refractivity (Wildman–Crippen MR) is 71.9 cm³/mol. The fourth-order valence-corrected chi connectivity index (χ4v) is 2.26. The summed E-state index contributed by atoms with van der Waals surface area (Å²) in [6.45, 7) is 9.33. The van der Waals surface area contributed by atoms with Gasteiger partial charge < -0.3 is 10.6 Å². The summed E-state index contributed by atoms with van der Waals surface area (Å²) < 4.78 is 0. The molecule has 100 valence electrons. The molecule has 1 rings (SSSR count). The van der Waals surface area contributed by atoms with Gasteiger partial charge in [-0.3, -0.25) is 4.79 Å². The van der Waals surface area contributed by atoms with Crippen molar-refractivity contribution in [1.82, 2.24) is 10.6 Å². The molecule has 0 heterocycles. The van der Waals surface area contributed by atoms with Crippen molar-refractivity contribution in [2.75, 3.05) is 6.54 Å². The van der Waals surface area contributed by atoms with E-state index < -0.39 is 0 Å². The zero-order valence-corrected chi connectivity index (χ0v) is 11.8. The maximum Gasteiger partial charge on any atom is 0.237 e. The molecule has 2 unspecified atom stereocenters. The van der Waals surface area contributed by atoms with E-state index in [2.05, 4.69) is 24.5 Å². The van der Waals surface area contributed by atoms with Gasteiger partial charge in [0.2, 0.25) is 5.91 Å². The number of rotatable bonds is 7. The van der Waals surface area contributed by atoms with Crippen LogP contribution in [0, 0.1) is 5.41 Å². The highest BCUT2D eigenvalue weighted by Crippen LogP contribution is 2.43. The van der Waals surface area contributed by atoms with Crippen LogP contribution in [0.5, 0.6) is 0 Å². The van der Waals surface area contributed by atoms with E-state index in [0.717, 1.165) is 13.0 Å². The van der Waals surface area contributed by atoms with Crippen LogP contribution in [0.4, 0.5) is 0 Å². The van der Waals surface area contributed by atoms with Gasteiger partial charge in [-0.15, -0.1) is 0 Å². The largest absolute Gasteiger partial charge is 0.352 e. The fraction of sp³-hybridized carbons (Fsp3) is 0.929. The Balaban J connectivity index is 2.28. The van der Waals surface area contributed by atoms with E-state index in [1.54, 1.807) is 0 Å². The zero-order valence-electron chi connectivity index (χ0n) is 11.8. The van der Waals surface area contributed by atoms with Crippen LogP contribution in [0.15, 0.2) is 0 Å².